The summed E-state index contributed by atoms with van der Waals surface area (Å²) in [5.41, 5.74) is -3.46. The van der Waals surface area contributed by atoms with Crippen molar-refractivity contribution in [2.45, 2.75) is 216 Å². The maximum atomic E-state index is 13.8. The van der Waals surface area contributed by atoms with Crippen molar-refractivity contribution in [3.63, 3.8) is 0 Å². The molecule has 5 aliphatic carbocycles. The van der Waals surface area contributed by atoms with Gasteiger partial charge in [-0.15, -0.1) is 0 Å². The largest absolute Gasteiger partial charge is 0.455 e. The van der Waals surface area contributed by atoms with Crippen LogP contribution in [0.2, 0.25) is 0 Å². The normalized spacial score (nSPS) is 56.7. The molecule has 66 heavy (non-hydrogen) atoms. The third-order valence-corrected chi connectivity index (χ3v) is 19.7. The van der Waals surface area contributed by atoms with E-state index in [0.29, 0.717) is 44.1 Å². The molecule has 0 aromatic heterocycles. The third kappa shape index (κ3) is 6.80. The minimum atomic E-state index is -1.89. The van der Waals surface area contributed by atoms with E-state index in [9.17, 15) is 61.0 Å². The van der Waals surface area contributed by atoms with Crippen LogP contribution < -0.4 is 0 Å². The predicted octanol–water partition coefficient (Wildman–Crippen LogP) is -0.974. The minimum absolute atomic E-state index is 0.0744. The standard InChI is InChI=1S/C47H74O19/c1-41(2)24-8-11-43(4)25(16-20(50)27-36-46(7,59)45(6)13-15-47(36,40(58)66-45)14-12-44(27,43)5)42(24,3)10-9-26(41)63-37-33(57)34(21(51)19-60-37)64-39-35(31(55)29(53)23(18-49)62-39)65-38-32(56)30(54)28(52)22(17-48)61-38/h20-26,28-35,37-39,48-57,59H,8-19H2,1-7H3/t20-,21+,22-,23-,24+,25-,26+,28-,29-,30+,31+,32-,33-,34+,35-,37+,38+,39+,42+,43-,44-,45+,46+,47-/m1/s1. The van der Waals surface area contributed by atoms with Crippen LogP contribution >= 0.6 is 0 Å². The van der Waals surface area contributed by atoms with Gasteiger partial charge in [-0.1, -0.05) is 34.6 Å². The Morgan fingerprint density at radius 1 is 0.636 bits per heavy atom. The van der Waals surface area contributed by atoms with Crippen molar-refractivity contribution in [3.8, 4) is 0 Å². The number of hydrogen-bond donors (Lipinski definition) is 11. The van der Waals surface area contributed by atoms with Crippen LogP contribution in [0.1, 0.15) is 106 Å². The summed E-state index contributed by atoms with van der Waals surface area (Å²) in [5, 5.41) is 121. The van der Waals surface area contributed by atoms with Crippen molar-refractivity contribution in [1.82, 2.24) is 0 Å². The molecule has 5 saturated heterocycles. The van der Waals surface area contributed by atoms with E-state index in [0.717, 1.165) is 24.8 Å². The van der Waals surface area contributed by atoms with Gasteiger partial charge in [0.25, 0.3) is 0 Å². The molecular weight excluding hydrogens is 868 g/mol. The maximum Gasteiger partial charge on any atom is 0.317 e. The number of carbonyl (C=O) groups excluding carboxylic acids is 1. The van der Waals surface area contributed by atoms with Crippen LogP contribution in [-0.4, -0.2) is 191 Å². The van der Waals surface area contributed by atoms with Crippen LogP contribution in [0.5, 0.6) is 0 Å². The highest BCUT2D eigenvalue weighted by Gasteiger charge is 2.75. The molecule has 11 N–H and O–H groups in total. The number of hydrogen-bond acceptors (Lipinski definition) is 19. The quantitative estimate of drug-likeness (QED) is 0.0792. The minimum Gasteiger partial charge on any atom is -0.455 e. The van der Waals surface area contributed by atoms with Gasteiger partial charge in [0.05, 0.1) is 37.4 Å². The van der Waals surface area contributed by atoms with Gasteiger partial charge in [-0.25, -0.2) is 0 Å². The number of rotatable bonds is 8. The summed E-state index contributed by atoms with van der Waals surface area (Å²) in [7, 11) is 0. The summed E-state index contributed by atoms with van der Waals surface area (Å²) >= 11 is 0. The van der Waals surface area contributed by atoms with Crippen molar-refractivity contribution in [3.05, 3.63) is 11.1 Å². The second kappa shape index (κ2) is 16.5. The molecule has 0 radical (unpaired) electrons. The number of aliphatic hydroxyl groups is 11. The second-order valence-corrected chi connectivity index (χ2v) is 23.1. The van der Waals surface area contributed by atoms with Crippen LogP contribution in [0.4, 0.5) is 0 Å². The molecule has 19 nitrogen and oxygen atoms in total. The molecular formula is C47H74O19. The maximum absolute atomic E-state index is 13.8. The third-order valence-electron chi connectivity index (χ3n) is 19.7. The molecule has 10 aliphatic rings. The molecule has 0 amide bonds. The average molecular weight is 943 g/mol. The average Bonchev–Trinajstić information content (AvgIpc) is 3.25. The zero-order chi connectivity index (χ0) is 48.1. The Labute approximate surface area is 384 Å². The fraction of sp³-hybridized carbons (Fsp3) is 0.936. The first-order valence-corrected chi connectivity index (χ1v) is 24.0. The molecule has 0 aromatic carbocycles. The lowest BCUT2D eigenvalue weighted by Gasteiger charge is -2.73. The molecule has 10 rings (SSSR count). The molecule has 5 aliphatic heterocycles. The fourth-order valence-corrected chi connectivity index (χ4v) is 15.4. The highest BCUT2D eigenvalue weighted by molar-refractivity contribution is 5.86. The van der Waals surface area contributed by atoms with E-state index >= 15 is 0 Å². The Bertz CT molecular complexity index is 1890. The van der Waals surface area contributed by atoms with Crippen molar-refractivity contribution in [1.29, 1.82) is 0 Å². The van der Waals surface area contributed by atoms with Crippen molar-refractivity contribution in [2.75, 3.05) is 19.8 Å². The lowest BCUT2D eigenvalue weighted by Crippen LogP contribution is -2.72. The van der Waals surface area contributed by atoms with Crippen molar-refractivity contribution < 1.29 is 94.1 Å². The molecule has 5 heterocycles. The van der Waals surface area contributed by atoms with Gasteiger partial charge in [-0.3, -0.25) is 4.79 Å². The lowest BCUT2D eigenvalue weighted by molar-refractivity contribution is -0.387. The molecule has 19 heteroatoms. The van der Waals surface area contributed by atoms with E-state index in [2.05, 4.69) is 34.6 Å². The molecule has 9 fully saturated rings. The molecule has 24 atom stereocenters. The van der Waals surface area contributed by atoms with Crippen molar-refractivity contribution in [2.24, 2.45) is 38.9 Å². The second-order valence-electron chi connectivity index (χ2n) is 23.1. The Balaban J connectivity index is 0.934. The van der Waals surface area contributed by atoms with E-state index in [1.54, 1.807) is 6.92 Å². The van der Waals surface area contributed by atoms with Crippen LogP contribution in [0.3, 0.4) is 0 Å². The molecule has 4 saturated carbocycles. The Morgan fingerprint density at radius 3 is 1.91 bits per heavy atom. The van der Waals surface area contributed by atoms with Crippen molar-refractivity contribution >= 4 is 5.97 Å². The van der Waals surface area contributed by atoms with E-state index in [1.165, 1.54) is 0 Å². The van der Waals surface area contributed by atoms with Gasteiger partial charge in [0, 0.05) is 0 Å². The summed E-state index contributed by atoms with van der Waals surface area (Å²) in [5.74, 6) is -0.115. The number of esters is 1. The van der Waals surface area contributed by atoms with E-state index < -0.39 is 139 Å². The Hall–Kier alpha value is -1.47. The number of fused-ring (bicyclic) bond motifs is 7. The summed E-state index contributed by atoms with van der Waals surface area (Å²) in [6, 6.07) is 0. The van der Waals surface area contributed by atoms with Crippen LogP contribution in [0.15, 0.2) is 11.1 Å². The lowest BCUT2D eigenvalue weighted by atomic mass is 9.33. The number of aliphatic hydroxyl groups excluding tert-OH is 10. The highest BCUT2D eigenvalue weighted by Crippen LogP contribution is 2.77. The van der Waals surface area contributed by atoms with Gasteiger partial charge in [0.1, 0.15) is 78.3 Å². The predicted molar refractivity (Wildman–Crippen MR) is 225 cm³/mol. The van der Waals surface area contributed by atoms with Gasteiger partial charge < -0.3 is 89.3 Å². The van der Waals surface area contributed by atoms with Crippen LogP contribution in [0.25, 0.3) is 0 Å². The van der Waals surface area contributed by atoms with Gasteiger partial charge >= 0.3 is 5.97 Å². The van der Waals surface area contributed by atoms with E-state index in [-0.39, 0.29) is 35.2 Å². The first kappa shape index (κ1) is 49.5. The molecule has 0 unspecified atom stereocenters. The topological polar surface area (TPSA) is 304 Å². The van der Waals surface area contributed by atoms with E-state index in [1.807, 2.05) is 6.92 Å². The summed E-state index contributed by atoms with van der Waals surface area (Å²) in [4.78, 5) is 13.8. The number of ether oxygens (including phenoxy) is 7. The van der Waals surface area contributed by atoms with Crippen LogP contribution in [0, 0.1) is 38.9 Å². The molecule has 376 valence electrons. The summed E-state index contributed by atoms with van der Waals surface area (Å²) in [6.45, 7) is 12.9. The van der Waals surface area contributed by atoms with Gasteiger partial charge in [0.15, 0.2) is 18.9 Å². The van der Waals surface area contributed by atoms with Gasteiger partial charge in [0.2, 0.25) is 0 Å². The zero-order valence-corrected chi connectivity index (χ0v) is 39.1. The Morgan fingerprint density at radius 2 is 1.26 bits per heavy atom. The van der Waals surface area contributed by atoms with E-state index in [4.69, 9.17) is 33.2 Å². The molecule has 2 bridgehead atoms. The van der Waals surface area contributed by atoms with Gasteiger partial charge in [-0.2, -0.15) is 0 Å². The highest BCUT2D eigenvalue weighted by atomic mass is 16.8. The van der Waals surface area contributed by atoms with Crippen LogP contribution in [-0.2, 0) is 38.0 Å². The molecule has 1 spiro atoms. The zero-order valence-electron chi connectivity index (χ0n) is 39.1. The van der Waals surface area contributed by atoms with Gasteiger partial charge in [-0.05, 0) is 116 Å². The monoisotopic (exact) mass is 942 g/mol. The fourth-order valence-electron chi connectivity index (χ4n) is 15.4. The number of carbonyl (C=O) groups is 1. The first-order chi connectivity index (χ1) is 30.8. The molecule has 0 aromatic rings. The smallest absolute Gasteiger partial charge is 0.317 e. The summed E-state index contributed by atoms with van der Waals surface area (Å²) in [6.07, 6.45) is -18.5. The summed E-state index contributed by atoms with van der Waals surface area (Å²) < 4.78 is 41.8. The first-order valence-electron chi connectivity index (χ1n) is 24.0. The SMILES string of the molecule is CC1(C)[C@@H](O[C@@H]2OC[C@H](O)[C@H](O[C@@H]3O[C@H](CO)[C@@H](O)[C@H](O)[C@H]3O[C@@H]3O[C@H](CO)[C@@H](O)[C@H](O)[C@H]3O)[C@H]2O)CC[C@]2(C)[C@H]3C[C@@H](O)C4=C5[C@]6(CC[C@](C)(OC6=O)[C@@]5(C)O)CC[C@@]4(C)[C@]3(C)CC[C@@H]12. The Kier molecular flexibility index (Phi) is 12.4.